The summed E-state index contributed by atoms with van der Waals surface area (Å²) < 4.78 is 7.25. The normalized spacial score (nSPS) is 18.8. The molecule has 186 valence electrons. The van der Waals surface area contributed by atoms with Crippen molar-refractivity contribution in [3.63, 3.8) is 0 Å². The Morgan fingerprint density at radius 1 is 1.11 bits per heavy atom. The first-order chi connectivity index (χ1) is 17.0. The molecular formula is C26H34N6O2S. The number of aromatic nitrogens is 4. The molecule has 1 atom stereocenters. The van der Waals surface area contributed by atoms with Crippen LogP contribution < -0.4 is 0 Å². The number of carbonyl (C=O) groups is 1. The zero-order valence-electron chi connectivity index (χ0n) is 20.8. The van der Waals surface area contributed by atoms with E-state index in [2.05, 4.69) is 35.8 Å². The van der Waals surface area contributed by atoms with E-state index in [-0.39, 0.29) is 11.8 Å². The van der Waals surface area contributed by atoms with E-state index in [1.165, 1.54) is 0 Å². The van der Waals surface area contributed by atoms with Crippen molar-refractivity contribution in [2.45, 2.75) is 45.6 Å². The number of thiophene rings is 1. The summed E-state index contributed by atoms with van der Waals surface area (Å²) in [6.45, 7) is 11.7. The molecular weight excluding hydrogens is 460 g/mol. The van der Waals surface area contributed by atoms with Crippen LogP contribution in [0.15, 0.2) is 36.0 Å². The van der Waals surface area contributed by atoms with E-state index in [0.29, 0.717) is 23.5 Å². The summed E-state index contributed by atoms with van der Waals surface area (Å²) in [6.07, 6.45) is 5.51. The van der Waals surface area contributed by atoms with Crippen molar-refractivity contribution in [3.8, 4) is 16.5 Å². The molecule has 0 saturated carbocycles. The largest absolute Gasteiger partial charge is 0.379 e. The van der Waals surface area contributed by atoms with Crippen molar-refractivity contribution in [1.29, 1.82) is 0 Å². The van der Waals surface area contributed by atoms with Crippen molar-refractivity contribution in [3.05, 3.63) is 47.2 Å². The van der Waals surface area contributed by atoms with Crippen LogP contribution in [0.2, 0.25) is 0 Å². The molecule has 1 amide bonds. The molecule has 2 saturated heterocycles. The molecule has 9 heteroatoms. The van der Waals surface area contributed by atoms with Crippen LogP contribution in [-0.4, -0.2) is 80.9 Å². The first kappa shape index (κ1) is 24.1. The van der Waals surface area contributed by atoms with Gasteiger partial charge in [0.2, 0.25) is 0 Å². The van der Waals surface area contributed by atoms with Gasteiger partial charge in [0, 0.05) is 38.4 Å². The number of hydrogen-bond donors (Lipinski definition) is 0. The Balaban J connectivity index is 1.32. The van der Waals surface area contributed by atoms with Crippen molar-refractivity contribution < 1.29 is 9.53 Å². The van der Waals surface area contributed by atoms with Gasteiger partial charge in [-0.1, -0.05) is 19.9 Å². The molecule has 0 aromatic carbocycles. The summed E-state index contributed by atoms with van der Waals surface area (Å²) in [5, 5.41) is 6.61. The van der Waals surface area contributed by atoms with Gasteiger partial charge < -0.3 is 9.64 Å². The Bertz CT molecular complexity index is 1130. The van der Waals surface area contributed by atoms with E-state index in [1.54, 1.807) is 28.4 Å². The number of nitrogens with zero attached hydrogens (tertiary/aromatic N) is 6. The predicted octanol–water partition coefficient (Wildman–Crippen LogP) is 4.09. The van der Waals surface area contributed by atoms with Crippen molar-refractivity contribution in [1.82, 2.24) is 29.5 Å². The number of hydrogen-bond acceptors (Lipinski definition) is 7. The number of likely N-dealkylation sites (tertiary alicyclic amines) is 1. The number of rotatable bonds is 6. The van der Waals surface area contributed by atoms with E-state index in [1.807, 2.05) is 28.5 Å². The summed E-state index contributed by atoms with van der Waals surface area (Å²) in [5.74, 6) is 1.27. The second-order valence-electron chi connectivity index (χ2n) is 9.75. The van der Waals surface area contributed by atoms with Crippen LogP contribution in [0.5, 0.6) is 0 Å². The van der Waals surface area contributed by atoms with Gasteiger partial charge in [0.1, 0.15) is 0 Å². The summed E-state index contributed by atoms with van der Waals surface area (Å²) in [5.41, 5.74) is 2.38. The highest BCUT2D eigenvalue weighted by molar-refractivity contribution is 7.13. The number of morpholine rings is 1. The molecule has 8 nitrogen and oxygen atoms in total. The lowest BCUT2D eigenvalue weighted by molar-refractivity contribution is -0.000959. The summed E-state index contributed by atoms with van der Waals surface area (Å²) in [6, 6.07) is 6.48. The van der Waals surface area contributed by atoms with Crippen molar-refractivity contribution in [2.75, 3.05) is 39.4 Å². The van der Waals surface area contributed by atoms with Gasteiger partial charge in [-0.3, -0.25) is 9.69 Å². The fraction of sp³-hybridized carbons (Fsp3) is 0.538. The Morgan fingerprint density at radius 2 is 1.89 bits per heavy atom. The molecule has 3 aromatic rings. The molecule has 5 heterocycles. The van der Waals surface area contributed by atoms with Gasteiger partial charge in [0.15, 0.2) is 0 Å². The number of carbonyl (C=O) groups excluding carboxylic acids is 1. The number of ether oxygens (including phenoxy) is 1. The van der Waals surface area contributed by atoms with Crippen LogP contribution in [0.1, 0.15) is 55.6 Å². The molecule has 0 N–H and O–H groups in total. The zero-order chi connectivity index (χ0) is 24.4. The van der Waals surface area contributed by atoms with Crippen molar-refractivity contribution >= 4 is 17.2 Å². The predicted molar refractivity (Wildman–Crippen MR) is 137 cm³/mol. The minimum atomic E-state index is 0.0619. The first-order valence-corrected chi connectivity index (χ1v) is 13.5. The smallest absolute Gasteiger partial charge is 0.257 e. The van der Waals surface area contributed by atoms with Gasteiger partial charge in [-0.05, 0) is 49.1 Å². The zero-order valence-corrected chi connectivity index (χ0v) is 21.6. The average Bonchev–Trinajstić information content (AvgIpc) is 3.59. The lowest BCUT2D eigenvalue weighted by Crippen LogP contribution is -2.49. The Kier molecular flexibility index (Phi) is 7.27. The molecule has 0 bridgehead atoms. The van der Waals surface area contributed by atoms with E-state index in [0.717, 1.165) is 68.5 Å². The van der Waals surface area contributed by atoms with E-state index in [4.69, 9.17) is 9.72 Å². The number of piperidine rings is 1. The molecule has 3 aromatic heterocycles. The minimum absolute atomic E-state index is 0.0619. The number of amides is 1. The van der Waals surface area contributed by atoms with Gasteiger partial charge in [-0.2, -0.15) is 5.10 Å². The lowest BCUT2D eigenvalue weighted by Gasteiger charge is -2.41. The quantitative estimate of drug-likeness (QED) is 0.514. The Morgan fingerprint density at radius 3 is 2.57 bits per heavy atom. The average molecular weight is 495 g/mol. The third-order valence-corrected chi connectivity index (χ3v) is 8.21. The maximum atomic E-state index is 13.6. The van der Waals surface area contributed by atoms with Crippen molar-refractivity contribution in [2.24, 2.45) is 5.92 Å². The van der Waals surface area contributed by atoms with Gasteiger partial charge in [0.25, 0.3) is 11.9 Å². The molecule has 2 aliphatic rings. The van der Waals surface area contributed by atoms with Crippen LogP contribution in [0.25, 0.3) is 16.5 Å². The molecule has 0 spiro atoms. The fourth-order valence-corrected chi connectivity index (χ4v) is 5.98. The molecule has 35 heavy (non-hydrogen) atoms. The molecule has 5 rings (SSSR count). The van der Waals surface area contributed by atoms with E-state index < -0.39 is 0 Å². The third-order valence-electron chi connectivity index (χ3n) is 7.32. The molecule has 2 fully saturated rings. The van der Waals surface area contributed by atoms with E-state index >= 15 is 0 Å². The Hall–Kier alpha value is -2.62. The molecule has 0 radical (unpaired) electrons. The van der Waals surface area contributed by atoms with Gasteiger partial charge in [-0.15, -0.1) is 11.3 Å². The standard InChI is InChI=1S/C26H34N6O2S/c1-18(2)24-21(17-28-32(24)26-27-9-6-22(29-26)23-5-4-16-35-23)25(33)31-10-7-20(8-11-31)19(3)30-12-14-34-15-13-30/h4-6,9,16-20H,7-8,10-15H2,1-3H3. The maximum absolute atomic E-state index is 13.6. The maximum Gasteiger partial charge on any atom is 0.257 e. The lowest BCUT2D eigenvalue weighted by atomic mass is 9.89. The summed E-state index contributed by atoms with van der Waals surface area (Å²) in [7, 11) is 0. The molecule has 1 unspecified atom stereocenters. The van der Waals surface area contributed by atoms with Crippen LogP contribution in [0.4, 0.5) is 0 Å². The minimum Gasteiger partial charge on any atom is -0.379 e. The first-order valence-electron chi connectivity index (χ1n) is 12.6. The highest BCUT2D eigenvalue weighted by Gasteiger charge is 2.32. The monoisotopic (exact) mass is 494 g/mol. The van der Waals surface area contributed by atoms with Crippen LogP contribution in [-0.2, 0) is 4.74 Å². The van der Waals surface area contributed by atoms with Gasteiger partial charge in [0.05, 0.1) is 41.2 Å². The second-order valence-corrected chi connectivity index (χ2v) is 10.7. The van der Waals surface area contributed by atoms with Gasteiger partial charge >= 0.3 is 0 Å². The molecule has 2 aliphatic heterocycles. The topological polar surface area (TPSA) is 76.4 Å². The highest BCUT2D eigenvalue weighted by Crippen LogP contribution is 2.29. The fourth-order valence-electron chi connectivity index (χ4n) is 5.29. The van der Waals surface area contributed by atoms with Crippen LogP contribution >= 0.6 is 11.3 Å². The van der Waals surface area contributed by atoms with Crippen LogP contribution in [0.3, 0.4) is 0 Å². The SMILES string of the molecule is CC(C)c1c(C(=O)N2CCC(C(C)N3CCOCC3)CC2)cnn1-c1nccc(-c2cccs2)n1. The molecule has 0 aliphatic carbocycles. The second kappa shape index (κ2) is 10.6. The highest BCUT2D eigenvalue weighted by atomic mass is 32.1. The summed E-state index contributed by atoms with van der Waals surface area (Å²) in [4.78, 5) is 28.5. The van der Waals surface area contributed by atoms with E-state index in [9.17, 15) is 4.79 Å². The third kappa shape index (κ3) is 5.03. The Labute approximate surface area is 210 Å². The summed E-state index contributed by atoms with van der Waals surface area (Å²) >= 11 is 1.64. The van der Waals surface area contributed by atoms with Gasteiger partial charge in [-0.25, -0.2) is 14.6 Å². The van der Waals surface area contributed by atoms with Crippen LogP contribution in [0, 0.1) is 5.92 Å².